The maximum atomic E-state index is 13.0. The van der Waals surface area contributed by atoms with Crippen molar-refractivity contribution in [3.05, 3.63) is 59.9 Å². The number of alkyl halides is 3. The molecule has 2 amide bonds. The van der Waals surface area contributed by atoms with Gasteiger partial charge in [-0.05, 0) is 39.0 Å². The van der Waals surface area contributed by atoms with Gasteiger partial charge in [0.05, 0.1) is 11.7 Å². The van der Waals surface area contributed by atoms with Crippen LogP contribution in [0, 0.1) is 6.92 Å². The van der Waals surface area contributed by atoms with Gasteiger partial charge in [-0.15, -0.1) is 13.2 Å². The van der Waals surface area contributed by atoms with Crippen LogP contribution in [0.15, 0.2) is 48.7 Å². The standard InChI is InChI=1S/C23H22F3N3O3/c1-13-10-16-14(12-28-13)6-4-8-17(16)29(21(27)30)18-11-22(2,3)32-20-15(18)7-5-9-19(20)31-23(24,25)26/h4-10,12,18H,11H2,1-3H3,(H2,27,30)/t18-/m1/s1. The quantitative estimate of drug-likeness (QED) is 0.567. The SMILES string of the molecule is Cc1cc2c(N(C(N)=O)[C@@H]3CC(C)(C)Oc4c(OC(F)(F)F)cccc43)cccc2cn1. The second-order valence-corrected chi connectivity index (χ2v) is 8.34. The van der Waals surface area contributed by atoms with Crippen molar-refractivity contribution in [3.63, 3.8) is 0 Å². The number of halogens is 3. The van der Waals surface area contributed by atoms with E-state index in [0.29, 0.717) is 17.7 Å². The summed E-state index contributed by atoms with van der Waals surface area (Å²) in [5.41, 5.74) is 6.62. The number of carbonyl (C=O) groups excluding carboxylic acids is 1. The molecule has 0 saturated carbocycles. The molecule has 6 nitrogen and oxygen atoms in total. The van der Waals surface area contributed by atoms with Gasteiger partial charge in [0.15, 0.2) is 11.5 Å². The molecule has 0 bridgehead atoms. The van der Waals surface area contributed by atoms with Gasteiger partial charge in [0.2, 0.25) is 0 Å². The number of pyridine rings is 1. The second-order valence-electron chi connectivity index (χ2n) is 8.34. The number of hydrogen-bond donors (Lipinski definition) is 1. The van der Waals surface area contributed by atoms with Gasteiger partial charge in [-0.25, -0.2) is 4.79 Å². The predicted octanol–water partition coefficient (Wildman–Crippen LogP) is 5.63. The first-order chi connectivity index (χ1) is 15.0. The summed E-state index contributed by atoms with van der Waals surface area (Å²) in [5.74, 6) is -0.523. The number of aryl methyl sites for hydroxylation is 1. The molecule has 1 aliphatic rings. The maximum Gasteiger partial charge on any atom is 0.573 e. The third-order valence-electron chi connectivity index (χ3n) is 5.34. The minimum atomic E-state index is -4.89. The molecule has 0 saturated heterocycles. The summed E-state index contributed by atoms with van der Waals surface area (Å²) in [7, 11) is 0. The van der Waals surface area contributed by atoms with E-state index in [1.165, 1.54) is 17.0 Å². The minimum Gasteiger partial charge on any atom is -0.483 e. The molecule has 9 heteroatoms. The number of fused-ring (bicyclic) bond motifs is 2. The molecular weight excluding hydrogens is 423 g/mol. The predicted molar refractivity (Wildman–Crippen MR) is 114 cm³/mol. The molecule has 1 aliphatic heterocycles. The Kier molecular flexibility index (Phi) is 5.15. The van der Waals surface area contributed by atoms with Crippen LogP contribution in [-0.2, 0) is 0 Å². The highest BCUT2D eigenvalue weighted by atomic mass is 19.4. The highest BCUT2D eigenvalue weighted by Crippen LogP contribution is 2.49. The molecule has 1 atom stereocenters. The lowest BCUT2D eigenvalue weighted by Gasteiger charge is -2.42. The highest BCUT2D eigenvalue weighted by molar-refractivity contribution is 6.03. The maximum absolute atomic E-state index is 13.0. The van der Waals surface area contributed by atoms with Crippen molar-refractivity contribution in [2.45, 2.75) is 45.2 Å². The Morgan fingerprint density at radius 1 is 1.25 bits per heavy atom. The van der Waals surface area contributed by atoms with E-state index in [1.807, 2.05) is 19.1 Å². The van der Waals surface area contributed by atoms with Crippen LogP contribution in [0.1, 0.15) is 37.6 Å². The van der Waals surface area contributed by atoms with Crippen LogP contribution < -0.4 is 20.1 Å². The largest absolute Gasteiger partial charge is 0.573 e. The number of primary amides is 1. The Morgan fingerprint density at radius 3 is 2.66 bits per heavy atom. The molecule has 168 valence electrons. The Labute approximate surface area is 182 Å². The van der Waals surface area contributed by atoms with Crippen LogP contribution in [0.2, 0.25) is 0 Å². The normalized spacial score (nSPS) is 17.4. The number of para-hydroxylation sites is 1. The zero-order valence-electron chi connectivity index (χ0n) is 17.7. The molecule has 2 heterocycles. The van der Waals surface area contributed by atoms with Crippen LogP contribution >= 0.6 is 0 Å². The number of hydrogen-bond acceptors (Lipinski definition) is 4. The fourth-order valence-corrected chi connectivity index (χ4v) is 4.14. The van der Waals surface area contributed by atoms with Crippen LogP contribution in [0.4, 0.5) is 23.7 Å². The minimum absolute atomic E-state index is 0.0598. The van der Waals surface area contributed by atoms with Crippen LogP contribution in [0.3, 0.4) is 0 Å². The summed E-state index contributed by atoms with van der Waals surface area (Å²) in [6, 6.07) is 10.1. The average Bonchev–Trinajstić information content (AvgIpc) is 2.67. The highest BCUT2D eigenvalue weighted by Gasteiger charge is 2.42. The molecule has 0 unspecified atom stereocenters. The van der Waals surface area contributed by atoms with Gasteiger partial charge in [0.1, 0.15) is 5.60 Å². The molecule has 4 rings (SSSR count). The first-order valence-corrected chi connectivity index (χ1v) is 9.97. The first-order valence-electron chi connectivity index (χ1n) is 9.97. The first kappa shape index (κ1) is 21.7. The monoisotopic (exact) mass is 445 g/mol. The van der Waals surface area contributed by atoms with Gasteiger partial charge in [-0.3, -0.25) is 9.88 Å². The summed E-state index contributed by atoms with van der Waals surface area (Å²) in [6.07, 6.45) is -2.89. The number of rotatable bonds is 3. The van der Waals surface area contributed by atoms with E-state index < -0.39 is 29.8 Å². The van der Waals surface area contributed by atoms with Gasteiger partial charge in [-0.1, -0.05) is 24.3 Å². The number of aromatic nitrogens is 1. The van der Waals surface area contributed by atoms with Gasteiger partial charge in [-0.2, -0.15) is 0 Å². The van der Waals surface area contributed by atoms with E-state index >= 15 is 0 Å². The van der Waals surface area contributed by atoms with Crippen molar-refractivity contribution in [1.29, 1.82) is 0 Å². The number of benzene rings is 2. The van der Waals surface area contributed by atoms with E-state index in [-0.39, 0.29) is 5.75 Å². The van der Waals surface area contributed by atoms with E-state index in [4.69, 9.17) is 10.5 Å². The van der Waals surface area contributed by atoms with Gasteiger partial charge >= 0.3 is 12.4 Å². The lowest BCUT2D eigenvalue weighted by atomic mass is 9.88. The van der Waals surface area contributed by atoms with Gasteiger partial charge in [0.25, 0.3) is 0 Å². The number of nitrogens with two attached hydrogens (primary N) is 1. The molecule has 0 radical (unpaired) electrons. The van der Waals surface area contributed by atoms with Crippen molar-refractivity contribution < 1.29 is 27.4 Å². The third kappa shape index (κ3) is 4.15. The third-order valence-corrected chi connectivity index (χ3v) is 5.34. The smallest absolute Gasteiger partial charge is 0.483 e. The molecule has 3 aromatic rings. The lowest BCUT2D eigenvalue weighted by Crippen LogP contribution is -2.46. The molecule has 0 aliphatic carbocycles. The molecule has 0 spiro atoms. The summed E-state index contributed by atoms with van der Waals surface area (Å²) < 4.78 is 49.1. The van der Waals surface area contributed by atoms with Gasteiger partial charge < -0.3 is 15.2 Å². The average molecular weight is 445 g/mol. The fraction of sp³-hybridized carbons (Fsp3) is 0.304. The van der Waals surface area contributed by atoms with E-state index in [2.05, 4.69) is 9.72 Å². The summed E-state index contributed by atoms with van der Waals surface area (Å²) in [4.78, 5) is 18.4. The molecular formula is C23H22F3N3O3. The molecule has 0 fully saturated rings. The van der Waals surface area contributed by atoms with Crippen molar-refractivity contribution in [2.75, 3.05) is 4.90 Å². The number of carbonyl (C=O) groups is 1. The van der Waals surface area contributed by atoms with Crippen LogP contribution in [-0.4, -0.2) is 23.0 Å². The van der Waals surface area contributed by atoms with E-state index in [9.17, 15) is 18.0 Å². The van der Waals surface area contributed by atoms with E-state index in [1.54, 1.807) is 38.2 Å². The zero-order valence-corrected chi connectivity index (χ0v) is 17.7. The Balaban J connectivity index is 1.91. The summed E-state index contributed by atoms with van der Waals surface area (Å²) >= 11 is 0. The summed E-state index contributed by atoms with van der Waals surface area (Å²) in [5, 5.41) is 1.56. The van der Waals surface area contributed by atoms with Crippen LogP contribution in [0.5, 0.6) is 11.5 Å². The van der Waals surface area contributed by atoms with Crippen molar-refractivity contribution in [1.82, 2.24) is 4.98 Å². The Morgan fingerprint density at radius 2 is 1.97 bits per heavy atom. The van der Waals surface area contributed by atoms with Crippen molar-refractivity contribution in [2.24, 2.45) is 5.73 Å². The van der Waals surface area contributed by atoms with Gasteiger partial charge in [0, 0.05) is 34.6 Å². The second kappa shape index (κ2) is 7.58. The Bertz CT molecular complexity index is 1190. The number of ether oxygens (including phenoxy) is 2. The number of anilines is 1. The Hall–Kier alpha value is -3.49. The fourth-order valence-electron chi connectivity index (χ4n) is 4.14. The zero-order chi connectivity index (χ0) is 23.3. The lowest BCUT2D eigenvalue weighted by molar-refractivity contribution is -0.275. The molecule has 1 aromatic heterocycles. The summed E-state index contributed by atoms with van der Waals surface area (Å²) in [6.45, 7) is 5.31. The number of amides is 2. The molecule has 32 heavy (non-hydrogen) atoms. The van der Waals surface area contributed by atoms with E-state index in [0.717, 1.165) is 16.5 Å². The topological polar surface area (TPSA) is 77.7 Å². The number of urea groups is 1. The van der Waals surface area contributed by atoms with Crippen LogP contribution in [0.25, 0.3) is 10.8 Å². The number of nitrogens with zero attached hydrogens (tertiary/aromatic N) is 2. The molecule has 2 N–H and O–H groups in total. The van der Waals surface area contributed by atoms with Crippen molar-refractivity contribution >= 4 is 22.5 Å². The van der Waals surface area contributed by atoms with Crippen molar-refractivity contribution in [3.8, 4) is 11.5 Å². The molecule has 2 aromatic carbocycles.